The molecule has 4 rings (SSSR count). The summed E-state index contributed by atoms with van der Waals surface area (Å²) in [5.41, 5.74) is -0.200. The predicted molar refractivity (Wildman–Crippen MR) is 109 cm³/mol. The number of pyridine rings is 1. The molecule has 0 amide bonds. The highest BCUT2D eigenvalue weighted by molar-refractivity contribution is 7.91. The lowest BCUT2D eigenvalue weighted by atomic mass is 10.2. The molecule has 0 unspecified atom stereocenters. The van der Waals surface area contributed by atoms with Gasteiger partial charge in [0.2, 0.25) is 0 Å². The summed E-state index contributed by atoms with van der Waals surface area (Å²) in [7, 11) is -2.21. The number of fused-ring (bicyclic) bond motifs is 1. The number of alkyl halides is 3. The van der Waals surface area contributed by atoms with Gasteiger partial charge in [-0.2, -0.15) is 18.3 Å². The Hall–Kier alpha value is -2.92. The fraction of sp³-hybridized carbons (Fsp3) is 0.211. The van der Waals surface area contributed by atoms with Crippen molar-refractivity contribution in [3.8, 4) is 17.2 Å². The van der Waals surface area contributed by atoms with Crippen molar-refractivity contribution in [1.82, 2.24) is 24.3 Å². The predicted octanol–water partition coefficient (Wildman–Crippen LogP) is 4.29. The number of nitrogens with zero attached hydrogens (tertiary/aromatic N) is 5. The first-order valence-corrected chi connectivity index (χ1v) is 11.0. The molecule has 31 heavy (non-hydrogen) atoms. The molecule has 0 saturated carbocycles. The monoisotopic (exact) mass is 469 g/mol. The van der Waals surface area contributed by atoms with Gasteiger partial charge in [-0.25, -0.2) is 18.1 Å². The van der Waals surface area contributed by atoms with E-state index in [4.69, 9.17) is 11.6 Å². The average Bonchev–Trinajstić information content (AvgIpc) is 3.28. The van der Waals surface area contributed by atoms with Crippen molar-refractivity contribution in [2.45, 2.75) is 18.1 Å². The highest BCUT2D eigenvalue weighted by Gasteiger charge is 2.32. The Morgan fingerprint density at radius 3 is 2.42 bits per heavy atom. The van der Waals surface area contributed by atoms with Gasteiger partial charge in [0.25, 0.3) is 0 Å². The van der Waals surface area contributed by atoms with Gasteiger partial charge in [-0.15, -0.1) is 0 Å². The topological polar surface area (TPSA) is 82.7 Å². The molecule has 4 aromatic rings. The maximum atomic E-state index is 13.0. The highest BCUT2D eigenvalue weighted by atomic mass is 35.5. The summed E-state index contributed by atoms with van der Waals surface area (Å²) in [6.45, 7) is 1.49. The molecule has 1 aromatic carbocycles. The highest BCUT2D eigenvalue weighted by Crippen LogP contribution is 2.32. The summed E-state index contributed by atoms with van der Waals surface area (Å²) in [5.74, 6) is 0.111. The molecule has 3 heterocycles. The zero-order valence-corrected chi connectivity index (χ0v) is 17.8. The van der Waals surface area contributed by atoms with Crippen molar-refractivity contribution in [1.29, 1.82) is 0 Å². The molecule has 0 aliphatic carbocycles. The van der Waals surface area contributed by atoms with E-state index in [1.807, 2.05) is 0 Å². The Bertz CT molecular complexity index is 1390. The van der Waals surface area contributed by atoms with Crippen molar-refractivity contribution in [2.24, 2.45) is 7.05 Å². The second kappa shape index (κ2) is 7.34. The molecule has 3 aromatic heterocycles. The van der Waals surface area contributed by atoms with Crippen LogP contribution >= 0.6 is 11.6 Å². The lowest BCUT2D eigenvalue weighted by Gasteiger charge is -2.07. The summed E-state index contributed by atoms with van der Waals surface area (Å²) in [5, 5.41) is 4.52. The quantitative estimate of drug-likeness (QED) is 0.445. The van der Waals surface area contributed by atoms with Crippen LogP contribution in [0.15, 0.2) is 47.8 Å². The van der Waals surface area contributed by atoms with Crippen molar-refractivity contribution >= 4 is 32.5 Å². The molecule has 162 valence electrons. The molecule has 0 radical (unpaired) electrons. The molecular formula is C19H15ClF3N5O2S. The van der Waals surface area contributed by atoms with E-state index < -0.39 is 21.6 Å². The number of aromatic nitrogens is 5. The van der Waals surface area contributed by atoms with Crippen LogP contribution in [0.2, 0.25) is 5.02 Å². The Balaban J connectivity index is 1.95. The number of hydrogen-bond acceptors (Lipinski definition) is 5. The lowest BCUT2D eigenvalue weighted by Crippen LogP contribution is -2.13. The molecule has 12 heteroatoms. The maximum absolute atomic E-state index is 13.0. The van der Waals surface area contributed by atoms with Gasteiger partial charge in [0.05, 0.1) is 17.5 Å². The molecule has 0 fully saturated rings. The van der Waals surface area contributed by atoms with Crippen LogP contribution in [-0.4, -0.2) is 38.5 Å². The molecule has 0 atom stereocenters. The van der Waals surface area contributed by atoms with E-state index in [0.29, 0.717) is 22.6 Å². The van der Waals surface area contributed by atoms with Crippen LogP contribution < -0.4 is 0 Å². The molecule has 0 saturated heterocycles. The van der Waals surface area contributed by atoms with Gasteiger partial charge in [0, 0.05) is 23.8 Å². The van der Waals surface area contributed by atoms with E-state index in [-0.39, 0.29) is 27.6 Å². The average molecular weight is 470 g/mol. The molecule has 0 aliphatic rings. The number of hydrogen-bond donors (Lipinski definition) is 0. The van der Waals surface area contributed by atoms with Gasteiger partial charge in [0.1, 0.15) is 16.9 Å². The van der Waals surface area contributed by atoms with E-state index >= 15 is 0 Å². The van der Waals surface area contributed by atoms with Gasteiger partial charge in [-0.3, -0.25) is 4.98 Å². The van der Waals surface area contributed by atoms with Crippen LogP contribution in [0.3, 0.4) is 0 Å². The standard InChI is InChI=1S/C19H15ClF3N5O2S/c1-3-31(29,30)18-17(25-16(27(18)2)11-4-6-13(20)7-5-11)28-10-15-14(26-28)8-12(9-24-15)19(21,22)23/h4-10H,3H2,1-2H3. The van der Waals surface area contributed by atoms with Gasteiger partial charge in [-0.05, 0) is 30.3 Å². The Labute approximate surface area is 180 Å². The first-order chi connectivity index (χ1) is 14.5. The Morgan fingerprint density at radius 1 is 1.13 bits per heavy atom. The van der Waals surface area contributed by atoms with Crippen LogP contribution in [0.5, 0.6) is 0 Å². The van der Waals surface area contributed by atoms with E-state index in [2.05, 4.69) is 15.1 Å². The zero-order valence-electron chi connectivity index (χ0n) is 16.2. The number of halogens is 4. The Morgan fingerprint density at radius 2 is 1.81 bits per heavy atom. The second-order valence-corrected chi connectivity index (χ2v) is 9.36. The van der Waals surface area contributed by atoms with Crippen LogP contribution in [0, 0.1) is 0 Å². The minimum absolute atomic E-state index is 0.0270. The minimum atomic E-state index is -4.57. The van der Waals surface area contributed by atoms with E-state index in [1.165, 1.54) is 17.7 Å². The van der Waals surface area contributed by atoms with E-state index in [0.717, 1.165) is 10.7 Å². The van der Waals surface area contributed by atoms with Gasteiger partial charge < -0.3 is 4.57 Å². The van der Waals surface area contributed by atoms with Gasteiger partial charge in [0.15, 0.2) is 20.7 Å². The van der Waals surface area contributed by atoms with Gasteiger partial charge in [-0.1, -0.05) is 18.5 Å². The number of rotatable bonds is 4. The third-order valence-corrected chi connectivity index (χ3v) is 6.76. The summed E-state index contributed by atoms with van der Waals surface area (Å²) in [4.78, 5) is 8.25. The maximum Gasteiger partial charge on any atom is 0.417 e. The fourth-order valence-electron chi connectivity index (χ4n) is 3.13. The number of sulfone groups is 1. The molecule has 0 bridgehead atoms. The molecular weight excluding hydrogens is 455 g/mol. The molecule has 0 spiro atoms. The number of imidazole rings is 1. The van der Waals surface area contributed by atoms with Gasteiger partial charge >= 0.3 is 6.18 Å². The van der Waals surface area contributed by atoms with Crippen molar-refractivity contribution in [2.75, 3.05) is 5.75 Å². The molecule has 7 nitrogen and oxygen atoms in total. The first-order valence-electron chi connectivity index (χ1n) is 8.99. The van der Waals surface area contributed by atoms with Crippen LogP contribution in [-0.2, 0) is 23.1 Å². The second-order valence-electron chi connectivity index (χ2n) is 6.73. The van der Waals surface area contributed by atoms with Crippen LogP contribution in [0.4, 0.5) is 13.2 Å². The fourth-order valence-corrected chi connectivity index (χ4v) is 4.45. The van der Waals surface area contributed by atoms with Crippen LogP contribution in [0.25, 0.3) is 28.2 Å². The van der Waals surface area contributed by atoms with Crippen molar-refractivity contribution in [3.05, 3.63) is 53.3 Å². The summed E-state index contributed by atoms with van der Waals surface area (Å²) < 4.78 is 67.2. The summed E-state index contributed by atoms with van der Waals surface area (Å²) in [6, 6.07) is 7.52. The normalized spacial score (nSPS) is 12.6. The third kappa shape index (κ3) is 3.79. The zero-order chi connectivity index (χ0) is 22.6. The van der Waals surface area contributed by atoms with E-state index in [1.54, 1.807) is 31.3 Å². The lowest BCUT2D eigenvalue weighted by molar-refractivity contribution is -0.137. The van der Waals surface area contributed by atoms with E-state index in [9.17, 15) is 21.6 Å². The van der Waals surface area contributed by atoms with Crippen LogP contribution in [0.1, 0.15) is 12.5 Å². The first kappa shape index (κ1) is 21.3. The van der Waals surface area contributed by atoms with Crippen molar-refractivity contribution < 1.29 is 21.6 Å². The van der Waals surface area contributed by atoms with Crippen molar-refractivity contribution in [3.63, 3.8) is 0 Å². The molecule has 0 N–H and O–H groups in total. The summed E-state index contributed by atoms with van der Waals surface area (Å²) in [6.07, 6.45) is -2.53. The Kier molecular flexibility index (Phi) is 5.05. The SMILES string of the molecule is CCS(=O)(=O)c1c(-n2cc3ncc(C(F)(F)F)cc3n2)nc(-c2ccc(Cl)cc2)n1C. The number of benzene rings is 1. The molecule has 0 aliphatic heterocycles. The summed E-state index contributed by atoms with van der Waals surface area (Å²) >= 11 is 5.93. The smallest absolute Gasteiger partial charge is 0.316 e. The largest absolute Gasteiger partial charge is 0.417 e. The minimum Gasteiger partial charge on any atom is -0.316 e. The third-order valence-electron chi connectivity index (χ3n) is 4.70.